The normalized spacial score (nSPS) is 11.8. The fraction of sp³-hybridized carbons (Fsp3) is 0.462. The van der Waals surface area contributed by atoms with Crippen molar-refractivity contribution in [2.24, 2.45) is 10.9 Å². The number of hydrogen-bond donors (Lipinski definition) is 4. The SMILES string of the molecule is N/C(=N/O)c1cc(F)cc(CNCCCOCCO)c1. The number of rotatable bonds is 9. The Labute approximate surface area is 117 Å². The molecule has 0 bridgehead atoms. The van der Waals surface area contributed by atoms with E-state index >= 15 is 0 Å². The number of nitrogens with zero attached hydrogens (tertiary/aromatic N) is 1. The van der Waals surface area contributed by atoms with Crippen LogP contribution in [0.4, 0.5) is 4.39 Å². The highest BCUT2D eigenvalue weighted by Gasteiger charge is 2.04. The number of oxime groups is 1. The molecule has 6 nitrogen and oxygen atoms in total. The van der Waals surface area contributed by atoms with E-state index < -0.39 is 5.82 Å². The van der Waals surface area contributed by atoms with Crippen molar-refractivity contribution in [3.8, 4) is 0 Å². The Morgan fingerprint density at radius 2 is 2.15 bits per heavy atom. The average Bonchev–Trinajstić information content (AvgIpc) is 2.45. The molecular weight excluding hydrogens is 265 g/mol. The summed E-state index contributed by atoms with van der Waals surface area (Å²) in [6, 6.07) is 4.26. The van der Waals surface area contributed by atoms with Gasteiger partial charge in [-0.25, -0.2) is 4.39 Å². The maximum Gasteiger partial charge on any atom is 0.170 e. The largest absolute Gasteiger partial charge is 0.409 e. The maximum atomic E-state index is 13.4. The summed E-state index contributed by atoms with van der Waals surface area (Å²) in [4.78, 5) is 0. The van der Waals surface area contributed by atoms with Crippen LogP contribution in [0.3, 0.4) is 0 Å². The van der Waals surface area contributed by atoms with E-state index in [0.717, 1.165) is 6.42 Å². The molecule has 0 aliphatic rings. The summed E-state index contributed by atoms with van der Waals surface area (Å²) >= 11 is 0. The molecule has 0 amide bonds. The van der Waals surface area contributed by atoms with E-state index in [9.17, 15) is 4.39 Å². The highest BCUT2D eigenvalue weighted by atomic mass is 19.1. The molecule has 0 heterocycles. The van der Waals surface area contributed by atoms with Gasteiger partial charge in [-0.1, -0.05) is 5.16 Å². The van der Waals surface area contributed by atoms with Gasteiger partial charge in [0, 0.05) is 18.7 Å². The summed E-state index contributed by atoms with van der Waals surface area (Å²) in [5.74, 6) is -0.555. The lowest BCUT2D eigenvalue weighted by atomic mass is 10.1. The molecule has 1 aromatic carbocycles. The Morgan fingerprint density at radius 1 is 1.35 bits per heavy atom. The van der Waals surface area contributed by atoms with E-state index in [1.165, 1.54) is 12.1 Å². The smallest absolute Gasteiger partial charge is 0.170 e. The highest BCUT2D eigenvalue weighted by Crippen LogP contribution is 2.09. The quantitative estimate of drug-likeness (QED) is 0.173. The second-order valence-electron chi connectivity index (χ2n) is 4.20. The third kappa shape index (κ3) is 5.96. The Hall–Kier alpha value is -1.70. The van der Waals surface area contributed by atoms with Crippen LogP contribution in [0, 0.1) is 5.82 Å². The molecule has 20 heavy (non-hydrogen) atoms. The number of halogens is 1. The summed E-state index contributed by atoms with van der Waals surface area (Å²) in [5.41, 5.74) is 6.49. The number of amidine groups is 1. The van der Waals surface area contributed by atoms with E-state index in [1.54, 1.807) is 6.07 Å². The summed E-state index contributed by atoms with van der Waals surface area (Å²) in [7, 11) is 0. The summed E-state index contributed by atoms with van der Waals surface area (Å²) in [6.45, 7) is 2.11. The van der Waals surface area contributed by atoms with Crippen LogP contribution in [-0.2, 0) is 11.3 Å². The number of hydrogen-bond acceptors (Lipinski definition) is 5. The number of aliphatic hydroxyl groups is 1. The monoisotopic (exact) mass is 285 g/mol. The molecule has 0 spiro atoms. The lowest BCUT2D eigenvalue weighted by Gasteiger charge is -2.07. The number of ether oxygens (including phenoxy) is 1. The van der Waals surface area contributed by atoms with Gasteiger partial charge in [0.15, 0.2) is 5.84 Å². The van der Waals surface area contributed by atoms with Gasteiger partial charge in [-0.2, -0.15) is 0 Å². The number of nitrogens with two attached hydrogens (primary N) is 1. The van der Waals surface area contributed by atoms with Crippen LogP contribution >= 0.6 is 0 Å². The minimum Gasteiger partial charge on any atom is -0.409 e. The standard InChI is InChI=1S/C13H20FN3O3/c14-12-7-10(6-11(8-12)13(15)17-19)9-16-2-1-4-20-5-3-18/h6-8,16,18-19H,1-5,9H2,(H2,15,17). The van der Waals surface area contributed by atoms with Crippen LogP contribution < -0.4 is 11.1 Å². The molecule has 0 saturated carbocycles. The summed E-state index contributed by atoms with van der Waals surface area (Å²) < 4.78 is 18.5. The van der Waals surface area contributed by atoms with Crippen molar-refractivity contribution in [2.75, 3.05) is 26.4 Å². The van der Waals surface area contributed by atoms with Crippen molar-refractivity contribution in [3.05, 3.63) is 35.1 Å². The third-order valence-corrected chi connectivity index (χ3v) is 2.57. The van der Waals surface area contributed by atoms with Gasteiger partial charge in [-0.15, -0.1) is 0 Å². The van der Waals surface area contributed by atoms with Gasteiger partial charge < -0.3 is 26.1 Å². The first-order valence-corrected chi connectivity index (χ1v) is 6.34. The zero-order valence-electron chi connectivity index (χ0n) is 11.2. The zero-order chi connectivity index (χ0) is 14.8. The number of aliphatic hydroxyl groups excluding tert-OH is 1. The van der Waals surface area contributed by atoms with E-state index in [2.05, 4.69) is 10.5 Å². The molecule has 0 atom stereocenters. The van der Waals surface area contributed by atoms with Gasteiger partial charge in [-0.3, -0.25) is 0 Å². The Kier molecular flexibility index (Phi) is 7.56. The van der Waals surface area contributed by atoms with E-state index in [1.807, 2.05) is 0 Å². The van der Waals surface area contributed by atoms with Gasteiger partial charge in [0.2, 0.25) is 0 Å². The lowest BCUT2D eigenvalue weighted by molar-refractivity contribution is 0.0907. The molecule has 7 heteroatoms. The molecule has 0 unspecified atom stereocenters. The summed E-state index contributed by atoms with van der Waals surface area (Å²) in [6.07, 6.45) is 0.794. The third-order valence-electron chi connectivity index (χ3n) is 2.57. The first-order chi connectivity index (χ1) is 9.67. The van der Waals surface area contributed by atoms with Crippen molar-refractivity contribution in [3.63, 3.8) is 0 Å². The fourth-order valence-corrected chi connectivity index (χ4v) is 1.66. The van der Waals surface area contributed by atoms with Crippen molar-refractivity contribution in [1.82, 2.24) is 5.32 Å². The van der Waals surface area contributed by atoms with E-state index in [-0.39, 0.29) is 12.4 Å². The molecule has 5 N–H and O–H groups in total. The van der Waals surface area contributed by atoms with E-state index in [0.29, 0.717) is 37.4 Å². The molecule has 0 saturated heterocycles. The second-order valence-corrected chi connectivity index (χ2v) is 4.20. The molecule has 0 fully saturated rings. The minimum absolute atomic E-state index is 0.0212. The second kappa shape index (κ2) is 9.24. The first kappa shape index (κ1) is 16.4. The van der Waals surface area contributed by atoms with Gasteiger partial charge in [0.1, 0.15) is 5.82 Å². The van der Waals surface area contributed by atoms with Gasteiger partial charge >= 0.3 is 0 Å². The van der Waals surface area contributed by atoms with E-state index in [4.69, 9.17) is 20.8 Å². The van der Waals surface area contributed by atoms with Crippen LogP contribution in [0.25, 0.3) is 0 Å². The van der Waals surface area contributed by atoms with Crippen LogP contribution in [0.1, 0.15) is 17.5 Å². The lowest BCUT2D eigenvalue weighted by Crippen LogP contribution is -2.18. The van der Waals surface area contributed by atoms with Crippen LogP contribution in [-0.4, -0.2) is 42.5 Å². The Balaban J connectivity index is 2.38. The highest BCUT2D eigenvalue weighted by molar-refractivity contribution is 5.97. The number of benzene rings is 1. The molecular formula is C13H20FN3O3. The molecule has 0 aromatic heterocycles. The van der Waals surface area contributed by atoms with Gasteiger partial charge in [0.05, 0.1) is 13.2 Å². The average molecular weight is 285 g/mol. The molecule has 0 aliphatic heterocycles. The fourth-order valence-electron chi connectivity index (χ4n) is 1.66. The van der Waals surface area contributed by atoms with Gasteiger partial charge in [0.25, 0.3) is 0 Å². The predicted octanol–water partition coefficient (Wildman–Crippen LogP) is 0.409. The topological polar surface area (TPSA) is 100 Å². The molecule has 1 aromatic rings. The van der Waals surface area contributed by atoms with Crippen molar-refractivity contribution in [2.45, 2.75) is 13.0 Å². The molecule has 0 radical (unpaired) electrons. The molecule has 112 valence electrons. The van der Waals surface area contributed by atoms with Crippen molar-refractivity contribution < 1.29 is 19.4 Å². The van der Waals surface area contributed by atoms with Crippen LogP contribution in [0.5, 0.6) is 0 Å². The first-order valence-electron chi connectivity index (χ1n) is 6.34. The Bertz CT molecular complexity index is 441. The predicted molar refractivity (Wildman–Crippen MR) is 73.1 cm³/mol. The van der Waals surface area contributed by atoms with Crippen LogP contribution in [0.15, 0.2) is 23.4 Å². The van der Waals surface area contributed by atoms with Crippen molar-refractivity contribution >= 4 is 5.84 Å². The van der Waals surface area contributed by atoms with Gasteiger partial charge in [-0.05, 0) is 36.7 Å². The molecule has 0 aliphatic carbocycles. The molecule has 1 rings (SSSR count). The van der Waals surface area contributed by atoms with Crippen LogP contribution in [0.2, 0.25) is 0 Å². The maximum absolute atomic E-state index is 13.4. The zero-order valence-corrected chi connectivity index (χ0v) is 11.2. The summed E-state index contributed by atoms with van der Waals surface area (Å²) in [5, 5.41) is 23.1. The number of nitrogens with one attached hydrogen (secondary N) is 1. The Morgan fingerprint density at radius 3 is 2.85 bits per heavy atom. The minimum atomic E-state index is -0.433. The van der Waals surface area contributed by atoms with Crippen molar-refractivity contribution in [1.29, 1.82) is 0 Å².